The van der Waals surface area contributed by atoms with Crippen LogP contribution in [0, 0.1) is 22.0 Å². The molecule has 2 aromatic carbocycles. The van der Waals surface area contributed by atoms with E-state index in [1.165, 1.54) is 24.3 Å². The van der Waals surface area contributed by atoms with Crippen LogP contribution < -0.4 is 15.0 Å². The van der Waals surface area contributed by atoms with Crippen LogP contribution in [0.1, 0.15) is 11.6 Å². The number of anilines is 1. The van der Waals surface area contributed by atoms with Crippen LogP contribution in [0.2, 0.25) is 0 Å². The fraction of sp³-hybridized carbons (Fsp3) is 0.286. The Hall–Kier alpha value is -4.04. The molecule has 0 aliphatic carbocycles. The van der Waals surface area contributed by atoms with Crippen LogP contribution in [0.25, 0.3) is 0 Å². The molecule has 3 N–H and O–H groups in total. The number of nitro groups is 1. The highest BCUT2D eigenvalue weighted by Crippen LogP contribution is 2.50. The molecule has 35 heavy (non-hydrogen) atoms. The Morgan fingerprint density at radius 2 is 1.86 bits per heavy atom. The number of alkyl halides is 3. The van der Waals surface area contributed by atoms with Crippen molar-refractivity contribution in [2.24, 2.45) is 11.8 Å². The molecule has 0 radical (unpaired) electrons. The molecule has 2 aromatic rings. The molecular formula is C21H16F3N3O8. The van der Waals surface area contributed by atoms with E-state index in [0.717, 1.165) is 24.3 Å². The number of aliphatic hydroxyl groups excluding tert-OH is 1. The second kappa shape index (κ2) is 8.32. The van der Waals surface area contributed by atoms with Crippen molar-refractivity contribution in [3.63, 3.8) is 0 Å². The van der Waals surface area contributed by atoms with E-state index < -0.39 is 70.5 Å². The summed E-state index contributed by atoms with van der Waals surface area (Å²) in [6.07, 6.45) is -5.02. The topological polar surface area (TPSA) is 159 Å². The normalized spacial score (nSPS) is 26.1. The Bertz CT molecular complexity index is 1240. The lowest BCUT2D eigenvalue weighted by atomic mass is 9.79. The number of carboxylic acids is 1. The Balaban J connectivity index is 1.81. The van der Waals surface area contributed by atoms with Gasteiger partial charge in [-0.1, -0.05) is 18.2 Å². The summed E-state index contributed by atoms with van der Waals surface area (Å²) in [6.45, 7) is -1.12. The first-order valence-corrected chi connectivity index (χ1v) is 9.99. The van der Waals surface area contributed by atoms with Crippen molar-refractivity contribution in [3.8, 4) is 5.75 Å². The van der Waals surface area contributed by atoms with Crippen LogP contribution in [0.15, 0.2) is 48.5 Å². The number of aliphatic carboxylic acids is 1. The third-order valence-corrected chi connectivity index (χ3v) is 6.03. The number of fused-ring (bicyclic) bond motifs is 1. The van der Waals surface area contributed by atoms with Crippen molar-refractivity contribution >= 4 is 29.2 Å². The van der Waals surface area contributed by atoms with Gasteiger partial charge in [0.15, 0.2) is 5.54 Å². The molecule has 0 bridgehead atoms. The molecule has 2 heterocycles. The number of halogens is 3. The summed E-state index contributed by atoms with van der Waals surface area (Å²) in [5.41, 5.74) is -2.97. The van der Waals surface area contributed by atoms with E-state index in [1.54, 1.807) is 0 Å². The van der Waals surface area contributed by atoms with Gasteiger partial charge in [0.05, 0.1) is 29.1 Å². The lowest BCUT2D eigenvalue weighted by molar-refractivity contribution is -0.384. The van der Waals surface area contributed by atoms with Crippen molar-refractivity contribution in [2.75, 3.05) is 11.5 Å². The number of nitrogens with one attached hydrogen (secondary N) is 1. The van der Waals surface area contributed by atoms with Crippen molar-refractivity contribution in [3.05, 3.63) is 64.2 Å². The smallest absolute Gasteiger partial charge is 0.480 e. The molecule has 2 fully saturated rings. The predicted octanol–water partition coefficient (Wildman–Crippen LogP) is 1.76. The largest absolute Gasteiger partial charge is 0.573 e. The number of hydrogen-bond donors (Lipinski definition) is 3. The molecule has 2 aliphatic rings. The number of aliphatic hydroxyl groups is 1. The summed E-state index contributed by atoms with van der Waals surface area (Å²) in [6, 6.07) is 7.67. The van der Waals surface area contributed by atoms with Gasteiger partial charge in [-0.25, -0.2) is 4.90 Å². The first-order chi connectivity index (χ1) is 16.4. The SMILES string of the molecule is O=C1C2C(c3cccc(OC(F)(F)F)c3)NC(CO)(C(=O)O)C2C(=O)N1c1cccc([N+](=O)[O-])c1. The summed E-state index contributed by atoms with van der Waals surface area (Å²) >= 11 is 0. The number of amides is 2. The number of nitro benzene ring substituents is 1. The number of benzene rings is 2. The summed E-state index contributed by atoms with van der Waals surface area (Å²) in [7, 11) is 0. The first-order valence-electron chi connectivity index (χ1n) is 9.99. The molecular weight excluding hydrogens is 479 g/mol. The van der Waals surface area contributed by atoms with Crippen LogP contribution >= 0.6 is 0 Å². The average molecular weight is 495 g/mol. The molecule has 4 atom stereocenters. The number of imide groups is 1. The maximum absolute atomic E-state index is 13.4. The predicted molar refractivity (Wildman–Crippen MR) is 109 cm³/mol. The highest BCUT2D eigenvalue weighted by Gasteiger charge is 2.68. The number of carbonyl (C=O) groups is 3. The van der Waals surface area contributed by atoms with Gasteiger partial charge in [-0.15, -0.1) is 13.2 Å². The van der Waals surface area contributed by atoms with E-state index in [4.69, 9.17) is 0 Å². The van der Waals surface area contributed by atoms with E-state index >= 15 is 0 Å². The van der Waals surface area contributed by atoms with Crippen LogP contribution in [-0.4, -0.2) is 51.4 Å². The first kappa shape index (κ1) is 24.1. The van der Waals surface area contributed by atoms with Gasteiger partial charge in [-0.3, -0.25) is 29.8 Å². The van der Waals surface area contributed by atoms with Gasteiger partial charge in [-0.05, 0) is 23.8 Å². The van der Waals surface area contributed by atoms with Crippen LogP contribution in [0.4, 0.5) is 24.5 Å². The van der Waals surface area contributed by atoms with Crippen molar-refractivity contribution in [2.45, 2.75) is 17.9 Å². The minimum Gasteiger partial charge on any atom is -0.480 e. The third-order valence-electron chi connectivity index (χ3n) is 6.03. The van der Waals surface area contributed by atoms with Crippen molar-refractivity contribution < 1.29 is 47.4 Å². The van der Waals surface area contributed by atoms with Gasteiger partial charge in [-0.2, -0.15) is 0 Å². The zero-order chi connectivity index (χ0) is 25.7. The number of non-ortho nitro benzene ring substituents is 1. The minimum absolute atomic E-state index is 0.000340. The highest BCUT2D eigenvalue weighted by atomic mass is 19.4. The standard InChI is InChI=1S/C21H16F3N3O8/c22-21(23,24)35-13-6-1-3-10(7-13)16-14-15(20(9-28,25-16)19(31)32)18(30)26(17(14)29)11-4-2-5-12(8-11)27(33)34/h1-8,14-16,25,28H,9H2,(H,31,32). The van der Waals surface area contributed by atoms with E-state index in [-0.39, 0.29) is 11.3 Å². The quantitative estimate of drug-likeness (QED) is 0.308. The second-order valence-electron chi connectivity index (χ2n) is 7.97. The molecule has 2 saturated heterocycles. The second-order valence-corrected chi connectivity index (χ2v) is 7.97. The fourth-order valence-corrected chi connectivity index (χ4v) is 4.60. The zero-order valence-corrected chi connectivity index (χ0v) is 17.4. The van der Waals surface area contributed by atoms with Gasteiger partial charge < -0.3 is 14.9 Å². The highest BCUT2D eigenvalue weighted by molar-refractivity contribution is 6.24. The summed E-state index contributed by atoms with van der Waals surface area (Å²) in [5, 5.41) is 33.6. The molecule has 0 saturated carbocycles. The average Bonchev–Trinajstić information content (AvgIpc) is 3.27. The van der Waals surface area contributed by atoms with Gasteiger partial charge in [0, 0.05) is 18.2 Å². The maximum atomic E-state index is 13.4. The lowest BCUT2D eigenvalue weighted by Crippen LogP contribution is -2.58. The number of rotatable bonds is 6. The molecule has 2 amide bonds. The van der Waals surface area contributed by atoms with Gasteiger partial charge >= 0.3 is 12.3 Å². The summed E-state index contributed by atoms with van der Waals surface area (Å²) < 4.78 is 42.0. The molecule has 2 aliphatic heterocycles. The van der Waals surface area contributed by atoms with Crippen LogP contribution in [0.3, 0.4) is 0 Å². The van der Waals surface area contributed by atoms with Crippen LogP contribution in [0.5, 0.6) is 5.75 Å². The Labute approximate surface area is 193 Å². The Kier molecular flexibility index (Phi) is 5.73. The maximum Gasteiger partial charge on any atom is 0.573 e. The van der Waals surface area contributed by atoms with E-state index in [9.17, 15) is 47.9 Å². The van der Waals surface area contributed by atoms with E-state index in [1.807, 2.05) is 0 Å². The molecule has 11 nitrogen and oxygen atoms in total. The lowest BCUT2D eigenvalue weighted by Gasteiger charge is -2.29. The Morgan fingerprint density at radius 1 is 1.17 bits per heavy atom. The monoisotopic (exact) mass is 495 g/mol. The van der Waals surface area contributed by atoms with Gasteiger partial charge in [0.1, 0.15) is 5.75 Å². The number of carboxylic acid groups (broad SMARTS) is 1. The summed E-state index contributed by atoms with van der Waals surface area (Å²) in [5.74, 6) is -7.38. The van der Waals surface area contributed by atoms with E-state index in [2.05, 4.69) is 10.1 Å². The summed E-state index contributed by atoms with van der Waals surface area (Å²) in [4.78, 5) is 49.9. The Morgan fingerprint density at radius 3 is 2.46 bits per heavy atom. The molecule has 184 valence electrons. The minimum atomic E-state index is -5.02. The van der Waals surface area contributed by atoms with Gasteiger partial charge in [0.25, 0.3) is 5.69 Å². The molecule has 4 rings (SSSR count). The number of hydrogen-bond acceptors (Lipinski definition) is 8. The molecule has 0 spiro atoms. The zero-order valence-electron chi connectivity index (χ0n) is 17.4. The number of nitrogens with zero attached hydrogens (tertiary/aromatic N) is 2. The van der Waals surface area contributed by atoms with Crippen LogP contribution in [-0.2, 0) is 14.4 Å². The molecule has 4 unspecified atom stereocenters. The number of carbonyl (C=O) groups excluding carboxylic acids is 2. The third kappa shape index (κ3) is 3.95. The molecule has 0 aromatic heterocycles. The van der Waals surface area contributed by atoms with Crippen molar-refractivity contribution in [1.29, 1.82) is 0 Å². The fourth-order valence-electron chi connectivity index (χ4n) is 4.60. The van der Waals surface area contributed by atoms with Gasteiger partial charge in [0.2, 0.25) is 11.8 Å². The van der Waals surface area contributed by atoms with E-state index in [0.29, 0.717) is 4.90 Å². The number of ether oxygens (including phenoxy) is 1. The molecule has 14 heteroatoms. The van der Waals surface area contributed by atoms with Crippen molar-refractivity contribution in [1.82, 2.24) is 5.32 Å².